The summed E-state index contributed by atoms with van der Waals surface area (Å²) in [4.78, 5) is 14.5. The number of carbonyl (C=O) groups excluding carboxylic acids is 1. The highest BCUT2D eigenvalue weighted by Gasteiger charge is 2.79. The topological polar surface area (TPSA) is 65.0 Å². The van der Waals surface area contributed by atoms with Crippen molar-refractivity contribution in [1.82, 2.24) is 0 Å². The quantitative estimate of drug-likeness (QED) is 0.462. The molecule has 8 heteroatoms. The minimum Gasteiger partial charge on any atom is -0.390 e. The fourth-order valence-electron chi connectivity index (χ4n) is 8.51. The highest BCUT2D eigenvalue weighted by atomic mass is 32.1. The van der Waals surface area contributed by atoms with Crippen LogP contribution in [0.25, 0.3) is 0 Å². The number of thiophene rings is 1. The van der Waals surface area contributed by atoms with Crippen molar-refractivity contribution in [1.29, 1.82) is 0 Å². The Bertz CT molecular complexity index is 1280. The smallest absolute Gasteiger partial charge is 0.197 e. The monoisotopic (exact) mass is 560 g/mol. The number of fused-ring (bicyclic) bond motifs is 7. The van der Waals surface area contributed by atoms with Gasteiger partial charge in [-0.05, 0) is 76.3 Å². The zero-order chi connectivity index (χ0) is 28.2. The number of rotatable bonds is 4. The molecule has 0 amide bonds. The standard InChI is InChI=1S/C31H38F2O5S/c1-17-9-11-28(5)18(13-17)7-8-19-20-14-24-31(23(35)16-36-27(2,3)4,29(20,6)15-22(34)30(19,28)33)38-26(37-24)25-21(32)10-12-39-25/h9-13,19-20,22,24,26,34H,1,7-8,14-16H2,2-6H3/t19-,20-,22-,24+,26+,28-,29-,30-,31+/m0/s1. The predicted molar refractivity (Wildman–Crippen MR) is 144 cm³/mol. The van der Waals surface area contributed by atoms with E-state index in [9.17, 15) is 14.3 Å². The third kappa shape index (κ3) is 3.57. The number of Topliss-reactive ketones (excluding diaryl/α,β-unsaturated/α-hetero) is 1. The van der Waals surface area contributed by atoms with Crippen LogP contribution >= 0.6 is 11.3 Å². The second-order valence-electron chi connectivity index (χ2n) is 13.4. The molecular formula is C31H38F2O5S. The van der Waals surface area contributed by atoms with Gasteiger partial charge in [-0.2, -0.15) is 0 Å². The second-order valence-corrected chi connectivity index (χ2v) is 14.4. The summed E-state index contributed by atoms with van der Waals surface area (Å²) in [6.07, 6.45) is 4.15. The lowest BCUT2D eigenvalue weighted by molar-refractivity contribution is -0.232. The Kier molecular flexibility index (Phi) is 6.09. The summed E-state index contributed by atoms with van der Waals surface area (Å²) in [6.45, 7) is 13.2. The van der Waals surface area contributed by atoms with Crippen LogP contribution in [0, 0.1) is 28.5 Å². The van der Waals surface area contributed by atoms with Gasteiger partial charge in [-0.3, -0.25) is 4.79 Å². The van der Waals surface area contributed by atoms with Crippen molar-refractivity contribution in [3.8, 4) is 0 Å². The van der Waals surface area contributed by atoms with E-state index in [1.165, 1.54) is 17.4 Å². The molecule has 212 valence electrons. The van der Waals surface area contributed by atoms with Crippen molar-refractivity contribution in [2.24, 2.45) is 22.7 Å². The highest BCUT2D eigenvalue weighted by molar-refractivity contribution is 7.10. The van der Waals surface area contributed by atoms with Gasteiger partial charge in [0, 0.05) is 16.7 Å². The minimum absolute atomic E-state index is 0.0169. The number of halogens is 2. The molecule has 5 aliphatic rings. The first kappa shape index (κ1) is 27.5. The minimum atomic E-state index is -1.93. The van der Waals surface area contributed by atoms with Crippen LogP contribution in [0.5, 0.6) is 0 Å². The van der Waals surface area contributed by atoms with E-state index < -0.39 is 57.9 Å². The van der Waals surface area contributed by atoms with Gasteiger partial charge in [0.15, 0.2) is 23.3 Å². The largest absolute Gasteiger partial charge is 0.390 e. The molecule has 4 aliphatic carbocycles. The molecule has 1 saturated heterocycles. The van der Waals surface area contributed by atoms with Gasteiger partial charge < -0.3 is 19.3 Å². The van der Waals surface area contributed by atoms with Gasteiger partial charge in [-0.1, -0.05) is 37.3 Å². The third-order valence-corrected chi connectivity index (χ3v) is 11.3. The molecule has 0 spiro atoms. The van der Waals surface area contributed by atoms with E-state index in [0.29, 0.717) is 19.3 Å². The van der Waals surface area contributed by atoms with Crippen LogP contribution in [0.2, 0.25) is 0 Å². The zero-order valence-corrected chi connectivity index (χ0v) is 24.1. The maximum Gasteiger partial charge on any atom is 0.197 e. The Morgan fingerprint density at radius 3 is 2.72 bits per heavy atom. The molecule has 6 rings (SSSR count). The van der Waals surface area contributed by atoms with Gasteiger partial charge in [0.1, 0.15) is 12.4 Å². The van der Waals surface area contributed by atoms with E-state index in [-0.39, 0.29) is 29.6 Å². The lowest BCUT2D eigenvalue weighted by Crippen LogP contribution is -2.69. The summed E-state index contributed by atoms with van der Waals surface area (Å²) < 4.78 is 51.1. The van der Waals surface area contributed by atoms with Crippen LogP contribution in [0.15, 0.2) is 47.4 Å². The average Bonchev–Trinajstić information content (AvgIpc) is 3.51. The number of aliphatic hydroxyl groups is 1. The number of ether oxygens (including phenoxy) is 3. The molecule has 0 bridgehead atoms. The number of aliphatic hydroxyl groups excluding tert-OH is 1. The fourth-order valence-corrected chi connectivity index (χ4v) is 9.24. The van der Waals surface area contributed by atoms with Crippen LogP contribution in [-0.2, 0) is 19.0 Å². The molecule has 2 heterocycles. The van der Waals surface area contributed by atoms with E-state index >= 15 is 4.39 Å². The van der Waals surface area contributed by atoms with E-state index in [2.05, 4.69) is 6.58 Å². The normalized spacial score (nSPS) is 44.9. The van der Waals surface area contributed by atoms with Crippen LogP contribution in [-0.4, -0.2) is 46.6 Å². The number of hydrogen-bond acceptors (Lipinski definition) is 6. The number of carbonyl (C=O) groups is 1. The highest BCUT2D eigenvalue weighted by Crippen LogP contribution is 2.72. The van der Waals surface area contributed by atoms with E-state index in [1.54, 1.807) is 5.38 Å². The molecule has 1 aromatic heterocycles. The number of hydrogen-bond donors (Lipinski definition) is 1. The summed E-state index contributed by atoms with van der Waals surface area (Å²) in [5.74, 6) is -1.56. The number of allylic oxidation sites excluding steroid dienone is 5. The maximum atomic E-state index is 17.6. The first-order valence-electron chi connectivity index (χ1n) is 13.9. The first-order chi connectivity index (χ1) is 18.2. The Morgan fingerprint density at radius 1 is 1.31 bits per heavy atom. The van der Waals surface area contributed by atoms with E-state index in [4.69, 9.17) is 14.2 Å². The van der Waals surface area contributed by atoms with Gasteiger partial charge >= 0.3 is 0 Å². The Labute approximate surface area is 232 Å². The van der Waals surface area contributed by atoms with Crippen molar-refractivity contribution in [3.05, 3.63) is 58.1 Å². The van der Waals surface area contributed by atoms with E-state index in [0.717, 1.165) is 11.1 Å². The maximum absolute atomic E-state index is 17.6. The summed E-state index contributed by atoms with van der Waals surface area (Å²) in [6, 6.07) is 1.35. The van der Waals surface area contributed by atoms with Crippen molar-refractivity contribution < 1.29 is 32.9 Å². The van der Waals surface area contributed by atoms with Crippen LogP contribution < -0.4 is 0 Å². The number of ketones is 1. The lowest BCUT2D eigenvalue weighted by Gasteiger charge is -2.62. The van der Waals surface area contributed by atoms with Crippen molar-refractivity contribution in [2.45, 2.75) is 95.7 Å². The lowest BCUT2D eigenvalue weighted by atomic mass is 9.44. The van der Waals surface area contributed by atoms with Crippen molar-refractivity contribution in [2.75, 3.05) is 6.61 Å². The summed E-state index contributed by atoms with van der Waals surface area (Å²) in [7, 11) is 0. The molecule has 0 radical (unpaired) electrons. The summed E-state index contributed by atoms with van der Waals surface area (Å²) >= 11 is 1.17. The molecule has 1 N–H and O–H groups in total. The molecule has 0 unspecified atom stereocenters. The van der Waals surface area contributed by atoms with Gasteiger partial charge in [0.2, 0.25) is 0 Å². The van der Waals surface area contributed by atoms with Crippen LogP contribution in [0.3, 0.4) is 0 Å². The molecule has 1 aliphatic heterocycles. The zero-order valence-electron chi connectivity index (χ0n) is 23.3. The molecule has 9 atom stereocenters. The summed E-state index contributed by atoms with van der Waals surface area (Å²) in [5, 5.41) is 13.4. The molecule has 0 aromatic carbocycles. The van der Waals surface area contributed by atoms with Crippen LogP contribution in [0.4, 0.5) is 8.78 Å². The average molecular weight is 561 g/mol. The molecule has 3 saturated carbocycles. The third-order valence-electron chi connectivity index (χ3n) is 10.4. The van der Waals surface area contributed by atoms with Crippen molar-refractivity contribution >= 4 is 17.1 Å². The molecular weight excluding hydrogens is 522 g/mol. The van der Waals surface area contributed by atoms with Gasteiger partial charge in [-0.25, -0.2) is 8.78 Å². The first-order valence-corrected chi connectivity index (χ1v) is 14.7. The van der Waals surface area contributed by atoms with Gasteiger partial charge in [0.05, 0.1) is 22.7 Å². The Balaban J connectivity index is 1.43. The number of alkyl halides is 1. The molecule has 4 fully saturated rings. The molecule has 5 nitrogen and oxygen atoms in total. The van der Waals surface area contributed by atoms with Gasteiger partial charge in [0.25, 0.3) is 0 Å². The Morgan fingerprint density at radius 2 is 2.05 bits per heavy atom. The summed E-state index contributed by atoms with van der Waals surface area (Å²) in [5.41, 5.74) is -4.16. The molecule has 1 aromatic rings. The van der Waals surface area contributed by atoms with Gasteiger partial charge in [-0.15, -0.1) is 11.3 Å². The second kappa shape index (κ2) is 8.65. The predicted octanol–water partition coefficient (Wildman–Crippen LogP) is 6.39. The Hall–Kier alpha value is -1.71. The SMILES string of the molecule is C=C1C=C[C@@]2(C)C(=C1)CC[C@H]1[C@@H]3C[C@H]4O[C@@H](c5sccc5F)O[C@@]4(C(=O)COC(C)(C)C)[C@@]3(C)C[C@H](O)[C@@]12F. The van der Waals surface area contributed by atoms with Crippen molar-refractivity contribution in [3.63, 3.8) is 0 Å². The fraction of sp³-hybridized carbons (Fsp3) is 0.645. The van der Waals surface area contributed by atoms with Crippen LogP contribution in [0.1, 0.15) is 71.5 Å². The van der Waals surface area contributed by atoms with E-state index in [1.807, 2.05) is 52.8 Å². The molecule has 39 heavy (non-hydrogen) atoms.